The monoisotopic (exact) mass is 315 g/mol. The molecule has 1 heterocycles. The van der Waals surface area contributed by atoms with Gasteiger partial charge in [0.15, 0.2) is 0 Å². The second-order valence-electron chi connectivity index (χ2n) is 5.21. The van der Waals surface area contributed by atoms with Crippen LogP contribution in [0.3, 0.4) is 0 Å². The molecule has 2 aliphatic rings. The van der Waals surface area contributed by atoms with Crippen molar-refractivity contribution in [1.29, 1.82) is 0 Å². The number of halogens is 2. The van der Waals surface area contributed by atoms with Crippen molar-refractivity contribution >= 4 is 27.5 Å². The second-order valence-corrected chi connectivity index (χ2v) is 6.23. The Morgan fingerprint density at radius 3 is 3.12 bits per heavy atom. The normalized spacial score (nSPS) is 38.1. The summed E-state index contributed by atoms with van der Waals surface area (Å²) in [6, 6.07) is 0. The first kappa shape index (κ1) is 13.4. The predicted molar refractivity (Wildman–Crippen MR) is 78.7 cm³/mol. The Morgan fingerprint density at radius 2 is 2.47 bits per heavy atom. The molecule has 1 saturated heterocycles. The van der Waals surface area contributed by atoms with E-state index in [0.717, 1.165) is 29.9 Å². The van der Waals surface area contributed by atoms with E-state index in [2.05, 4.69) is 40.8 Å². The molecule has 0 aromatic heterocycles. The van der Waals surface area contributed by atoms with E-state index in [1.54, 1.807) is 0 Å². The van der Waals surface area contributed by atoms with Gasteiger partial charge < -0.3 is 5.32 Å². The molecule has 17 heavy (non-hydrogen) atoms. The fourth-order valence-corrected chi connectivity index (χ4v) is 3.64. The van der Waals surface area contributed by atoms with Crippen LogP contribution >= 0.6 is 27.5 Å². The first-order valence-corrected chi connectivity index (χ1v) is 7.59. The third-order valence-electron chi connectivity index (χ3n) is 4.13. The van der Waals surface area contributed by atoms with Gasteiger partial charge in [-0.3, -0.25) is 0 Å². The molecule has 1 saturated carbocycles. The Labute approximate surface area is 117 Å². The van der Waals surface area contributed by atoms with Crippen molar-refractivity contribution in [2.24, 2.45) is 11.3 Å². The molecule has 0 radical (unpaired) electrons. The smallest absolute Gasteiger partial charge is 0.0393 e. The average Bonchev–Trinajstić information content (AvgIpc) is 2.71. The van der Waals surface area contributed by atoms with Crippen LogP contribution in [0.1, 0.15) is 19.8 Å². The summed E-state index contributed by atoms with van der Waals surface area (Å²) < 4.78 is 0. The van der Waals surface area contributed by atoms with Crippen molar-refractivity contribution in [3.05, 3.63) is 34.9 Å². The van der Waals surface area contributed by atoms with E-state index >= 15 is 0 Å². The summed E-state index contributed by atoms with van der Waals surface area (Å²) in [4.78, 5) is 0. The average molecular weight is 317 g/mol. The molecule has 1 nitrogen and oxygen atoms in total. The van der Waals surface area contributed by atoms with Crippen LogP contribution in [0.5, 0.6) is 0 Å². The number of fused-ring (bicyclic) bond motifs is 1. The molecule has 1 N–H and O–H groups in total. The highest BCUT2D eigenvalue weighted by atomic mass is 79.9. The lowest BCUT2D eigenvalue weighted by Gasteiger charge is -2.39. The number of alkyl halides is 1. The fourth-order valence-electron chi connectivity index (χ4n) is 3.10. The molecule has 2 atom stereocenters. The first-order chi connectivity index (χ1) is 8.12. The van der Waals surface area contributed by atoms with Gasteiger partial charge in [0.05, 0.1) is 0 Å². The summed E-state index contributed by atoms with van der Waals surface area (Å²) in [6.07, 6.45) is 6.34. The summed E-state index contributed by atoms with van der Waals surface area (Å²) in [5, 5.41) is 5.21. The molecule has 94 valence electrons. The fraction of sp³-hybridized carbons (Fsp3) is 0.571. The maximum Gasteiger partial charge on any atom is 0.0393 e. The van der Waals surface area contributed by atoms with E-state index in [9.17, 15) is 0 Å². The number of hydrogen-bond donors (Lipinski definition) is 1. The van der Waals surface area contributed by atoms with Gasteiger partial charge in [-0.05, 0) is 29.4 Å². The van der Waals surface area contributed by atoms with E-state index < -0.39 is 0 Å². The summed E-state index contributed by atoms with van der Waals surface area (Å²) in [5.41, 5.74) is 3.11. The minimum Gasteiger partial charge on any atom is -0.316 e. The molecule has 0 spiro atoms. The van der Waals surface area contributed by atoms with Gasteiger partial charge in [-0.15, -0.1) is 0 Å². The van der Waals surface area contributed by atoms with Crippen molar-refractivity contribution in [3.63, 3.8) is 0 Å². The van der Waals surface area contributed by atoms with Gasteiger partial charge in [0.1, 0.15) is 0 Å². The highest BCUT2D eigenvalue weighted by Gasteiger charge is 2.44. The van der Waals surface area contributed by atoms with Crippen molar-refractivity contribution in [3.8, 4) is 0 Å². The molecule has 3 heteroatoms. The Bertz CT molecular complexity index is 386. The molecule has 2 fully saturated rings. The maximum atomic E-state index is 6.35. The third kappa shape index (κ3) is 2.40. The van der Waals surface area contributed by atoms with Crippen LogP contribution < -0.4 is 5.32 Å². The lowest BCUT2D eigenvalue weighted by Crippen LogP contribution is -2.32. The molecule has 0 aromatic rings. The zero-order valence-corrected chi connectivity index (χ0v) is 12.6. The summed E-state index contributed by atoms with van der Waals surface area (Å²) >= 11 is 9.80. The first-order valence-electron chi connectivity index (χ1n) is 6.09. The zero-order chi connectivity index (χ0) is 12.5. The standard InChI is InChI=1S/C14H19BrClN/c1-3-4-10-11(13(16)7-15)5-6-14(2)9-17-8-12(10)14/h3-4,12,17H,1,5-9H2,2H3/b10-4+,13-11+/t12-,14+/m1/s1. The van der Waals surface area contributed by atoms with E-state index in [-0.39, 0.29) is 0 Å². The molecular formula is C14H19BrClN. The Balaban J connectivity index is 2.42. The molecule has 0 bridgehead atoms. The van der Waals surface area contributed by atoms with Gasteiger partial charge in [0, 0.05) is 29.4 Å². The van der Waals surface area contributed by atoms with Gasteiger partial charge in [0.25, 0.3) is 0 Å². The van der Waals surface area contributed by atoms with Crippen LogP contribution in [-0.4, -0.2) is 18.4 Å². The van der Waals surface area contributed by atoms with E-state index in [0.29, 0.717) is 11.3 Å². The van der Waals surface area contributed by atoms with Gasteiger partial charge >= 0.3 is 0 Å². The Morgan fingerprint density at radius 1 is 1.71 bits per heavy atom. The van der Waals surface area contributed by atoms with Crippen molar-refractivity contribution in [1.82, 2.24) is 5.32 Å². The van der Waals surface area contributed by atoms with Crippen LogP contribution in [0, 0.1) is 11.3 Å². The van der Waals surface area contributed by atoms with Crippen LogP contribution in [0.2, 0.25) is 0 Å². The highest BCUT2D eigenvalue weighted by Crippen LogP contribution is 2.49. The van der Waals surface area contributed by atoms with Gasteiger partial charge in [-0.25, -0.2) is 0 Å². The SMILES string of the molecule is C=C/C=C1\C(=C(\Cl)CBr)CC[C@@]2(C)CNC[C@H]12. The van der Waals surface area contributed by atoms with E-state index in [4.69, 9.17) is 11.6 Å². The van der Waals surface area contributed by atoms with Crippen LogP contribution in [0.15, 0.2) is 34.9 Å². The van der Waals surface area contributed by atoms with Crippen molar-refractivity contribution in [2.45, 2.75) is 19.8 Å². The lowest BCUT2D eigenvalue weighted by molar-refractivity contribution is 0.247. The Hall–Kier alpha value is -0.0500. The van der Waals surface area contributed by atoms with Crippen molar-refractivity contribution in [2.75, 3.05) is 18.4 Å². The second kappa shape index (κ2) is 5.29. The number of rotatable bonds is 2. The predicted octanol–water partition coefficient (Wildman–Crippen LogP) is 4.01. The van der Waals surface area contributed by atoms with Gasteiger partial charge in [0.2, 0.25) is 0 Å². The Kier molecular flexibility index (Phi) is 4.17. The largest absolute Gasteiger partial charge is 0.316 e. The summed E-state index contributed by atoms with van der Waals surface area (Å²) in [5.74, 6) is 0.581. The van der Waals surface area contributed by atoms with E-state index in [1.807, 2.05) is 6.08 Å². The van der Waals surface area contributed by atoms with Gasteiger partial charge in [-0.1, -0.05) is 53.2 Å². The lowest BCUT2D eigenvalue weighted by atomic mass is 9.65. The molecule has 1 aliphatic heterocycles. The van der Waals surface area contributed by atoms with E-state index in [1.165, 1.54) is 17.6 Å². The number of allylic oxidation sites excluding steroid dienone is 4. The topological polar surface area (TPSA) is 12.0 Å². The molecule has 1 aliphatic carbocycles. The highest BCUT2D eigenvalue weighted by molar-refractivity contribution is 9.09. The zero-order valence-electron chi connectivity index (χ0n) is 10.2. The third-order valence-corrected chi connectivity index (χ3v) is 5.38. The summed E-state index contributed by atoms with van der Waals surface area (Å²) in [6.45, 7) is 8.40. The summed E-state index contributed by atoms with van der Waals surface area (Å²) in [7, 11) is 0. The van der Waals surface area contributed by atoms with Gasteiger partial charge in [-0.2, -0.15) is 0 Å². The van der Waals surface area contributed by atoms with Crippen LogP contribution in [-0.2, 0) is 0 Å². The molecule has 0 unspecified atom stereocenters. The minimum absolute atomic E-state index is 0.391. The van der Waals surface area contributed by atoms with Crippen molar-refractivity contribution < 1.29 is 0 Å². The number of nitrogens with one attached hydrogen (secondary N) is 1. The molecule has 2 rings (SSSR count). The molecule has 0 amide bonds. The van der Waals surface area contributed by atoms with Crippen LogP contribution in [0.4, 0.5) is 0 Å². The molecular weight excluding hydrogens is 298 g/mol. The number of hydrogen-bond acceptors (Lipinski definition) is 1. The van der Waals surface area contributed by atoms with Crippen LogP contribution in [0.25, 0.3) is 0 Å². The minimum atomic E-state index is 0.391. The quantitative estimate of drug-likeness (QED) is 0.759. The molecule has 0 aromatic carbocycles. The maximum absolute atomic E-state index is 6.35.